The Hall–Kier alpha value is -1.93. The quantitative estimate of drug-likeness (QED) is 0.857. The van der Waals surface area contributed by atoms with Gasteiger partial charge in [0, 0.05) is 5.56 Å². The van der Waals surface area contributed by atoms with E-state index in [0.717, 1.165) is 0 Å². The monoisotopic (exact) mass is 264 g/mol. The van der Waals surface area contributed by atoms with Crippen molar-refractivity contribution >= 4 is 5.91 Å². The van der Waals surface area contributed by atoms with Crippen molar-refractivity contribution in [1.82, 2.24) is 5.32 Å². The van der Waals surface area contributed by atoms with Gasteiger partial charge in [0.25, 0.3) is 0 Å². The first-order valence-electron chi connectivity index (χ1n) is 6.09. The van der Waals surface area contributed by atoms with Gasteiger partial charge >= 0.3 is 0 Å². The Balaban J connectivity index is 2.56. The van der Waals surface area contributed by atoms with Gasteiger partial charge in [-0.05, 0) is 19.9 Å². The molecular formula is C14H17FN2O2. The molecule has 0 aliphatic carbocycles. The standard InChI is InChI=1S/C14H17FN2O2/c1-10(2)19-8-7-14(18)17-13(9-16)11-5-3-4-6-12(11)15/h3-6,10,13H,7-8H2,1-2H3,(H,17,18)/t13-/m1/s1. The topological polar surface area (TPSA) is 62.1 Å². The molecule has 0 radical (unpaired) electrons. The van der Waals surface area contributed by atoms with Crippen LogP contribution in [0, 0.1) is 17.1 Å². The molecule has 0 unspecified atom stereocenters. The van der Waals surface area contributed by atoms with Gasteiger partial charge in [0.1, 0.15) is 11.9 Å². The lowest BCUT2D eigenvalue weighted by atomic mass is 10.1. The first kappa shape index (κ1) is 15.1. The Morgan fingerprint density at radius 1 is 1.47 bits per heavy atom. The highest BCUT2D eigenvalue weighted by molar-refractivity contribution is 5.76. The summed E-state index contributed by atoms with van der Waals surface area (Å²) >= 11 is 0. The summed E-state index contributed by atoms with van der Waals surface area (Å²) in [5, 5.41) is 11.5. The van der Waals surface area contributed by atoms with E-state index in [0.29, 0.717) is 0 Å². The average Bonchev–Trinajstić information content (AvgIpc) is 2.36. The minimum atomic E-state index is -0.979. The largest absolute Gasteiger partial charge is 0.378 e. The minimum absolute atomic E-state index is 0.0473. The SMILES string of the molecule is CC(C)OCCC(=O)N[C@H](C#N)c1ccccc1F. The Morgan fingerprint density at radius 2 is 2.16 bits per heavy atom. The Morgan fingerprint density at radius 3 is 2.74 bits per heavy atom. The number of halogens is 1. The molecule has 4 nitrogen and oxygen atoms in total. The van der Waals surface area contributed by atoms with E-state index >= 15 is 0 Å². The second-order valence-electron chi connectivity index (χ2n) is 4.32. The minimum Gasteiger partial charge on any atom is -0.378 e. The molecule has 0 saturated carbocycles. The molecule has 1 N–H and O–H groups in total. The van der Waals surface area contributed by atoms with Gasteiger partial charge in [-0.2, -0.15) is 5.26 Å². The van der Waals surface area contributed by atoms with Crippen molar-refractivity contribution in [1.29, 1.82) is 5.26 Å². The normalized spacial score (nSPS) is 11.9. The van der Waals surface area contributed by atoms with Crippen molar-refractivity contribution in [2.24, 2.45) is 0 Å². The Labute approximate surface area is 112 Å². The third-order valence-corrected chi connectivity index (χ3v) is 2.43. The molecule has 0 aliphatic heterocycles. The summed E-state index contributed by atoms with van der Waals surface area (Å²) in [6, 6.07) is 6.79. The molecule has 0 saturated heterocycles. The number of hydrogen-bond acceptors (Lipinski definition) is 3. The number of nitriles is 1. The lowest BCUT2D eigenvalue weighted by molar-refractivity contribution is -0.122. The fourth-order valence-electron chi connectivity index (χ4n) is 1.51. The molecule has 5 heteroatoms. The first-order valence-corrected chi connectivity index (χ1v) is 6.09. The van der Waals surface area contributed by atoms with Crippen LogP contribution in [0.15, 0.2) is 24.3 Å². The van der Waals surface area contributed by atoms with Gasteiger partial charge in [-0.1, -0.05) is 18.2 Å². The van der Waals surface area contributed by atoms with Crippen LogP contribution in [-0.2, 0) is 9.53 Å². The highest BCUT2D eigenvalue weighted by Gasteiger charge is 2.16. The molecule has 1 aromatic carbocycles. The maximum Gasteiger partial charge on any atom is 0.223 e. The van der Waals surface area contributed by atoms with Gasteiger partial charge in [0.2, 0.25) is 5.91 Å². The van der Waals surface area contributed by atoms with Crippen molar-refractivity contribution in [2.75, 3.05) is 6.61 Å². The van der Waals surface area contributed by atoms with Crippen molar-refractivity contribution < 1.29 is 13.9 Å². The van der Waals surface area contributed by atoms with Crippen LogP contribution in [-0.4, -0.2) is 18.6 Å². The molecule has 0 spiro atoms. The highest BCUT2D eigenvalue weighted by atomic mass is 19.1. The maximum atomic E-state index is 13.5. The number of benzene rings is 1. The van der Waals surface area contributed by atoms with Crippen molar-refractivity contribution in [2.45, 2.75) is 32.4 Å². The summed E-state index contributed by atoms with van der Waals surface area (Å²) in [5.74, 6) is -0.844. The summed E-state index contributed by atoms with van der Waals surface area (Å²) in [6.45, 7) is 4.02. The van der Waals surface area contributed by atoms with Gasteiger partial charge in [-0.25, -0.2) is 4.39 Å². The summed E-state index contributed by atoms with van der Waals surface area (Å²) in [6.07, 6.45) is 0.191. The smallest absolute Gasteiger partial charge is 0.223 e. The molecule has 102 valence electrons. The fraction of sp³-hybridized carbons (Fsp3) is 0.429. The molecule has 1 amide bonds. The van der Waals surface area contributed by atoms with E-state index in [1.165, 1.54) is 18.2 Å². The molecule has 0 aliphatic rings. The van der Waals surface area contributed by atoms with E-state index in [2.05, 4.69) is 5.32 Å². The zero-order valence-corrected chi connectivity index (χ0v) is 11.0. The Kier molecular flexibility index (Phi) is 5.97. The van der Waals surface area contributed by atoms with Crippen molar-refractivity contribution in [3.8, 4) is 6.07 Å². The number of rotatable bonds is 6. The number of nitrogens with zero attached hydrogens (tertiary/aromatic N) is 1. The molecule has 0 fully saturated rings. The zero-order chi connectivity index (χ0) is 14.3. The van der Waals surface area contributed by atoms with Crippen LogP contribution < -0.4 is 5.32 Å². The molecule has 0 heterocycles. The predicted molar refractivity (Wildman–Crippen MR) is 68.6 cm³/mol. The number of ether oxygens (including phenoxy) is 1. The highest BCUT2D eigenvalue weighted by Crippen LogP contribution is 2.16. The molecule has 0 aromatic heterocycles. The summed E-state index contributed by atoms with van der Waals surface area (Å²) < 4.78 is 18.7. The Bertz CT molecular complexity index is 469. The van der Waals surface area contributed by atoms with Gasteiger partial charge in [0.15, 0.2) is 0 Å². The van der Waals surface area contributed by atoms with E-state index in [4.69, 9.17) is 10.00 Å². The molecule has 0 bridgehead atoms. The lowest BCUT2D eigenvalue weighted by Crippen LogP contribution is -2.29. The second-order valence-corrected chi connectivity index (χ2v) is 4.32. The van der Waals surface area contributed by atoms with E-state index in [1.807, 2.05) is 19.9 Å². The lowest BCUT2D eigenvalue weighted by Gasteiger charge is -2.13. The third kappa shape index (κ3) is 5.06. The molecule has 19 heavy (non-hydrogen) atoms. The molecular weight excluding hydrogens is 247 g/mol. The molecule has 1 aromatic rings. The molecule has 1 rings (SSSR count). The number of amides is 1. The van der Waals surface area contributed by atoms with Crippen molar-refractivity contribution in [3.05, 3.63) is 35.6 Å². The second kappa shape index (κ2) is 7.49. The van der Waals surface area contributed by atoms with Crippen LogP contribution in [0.2, 0.25) is 0 Å². The van der Waals surface area contributed by atoms with E-state index in [9.17, 15) is 9.18 Å². The maximum absolute atomic E-state index is 13.5. The van der Waals surface area contributed by atoms with Crippen LogP contribution in [0.4, 0.5) is 4.39 Å². The predicted octanol–water partition coefficient (Wildman–Crippen LogP) is 2.32. The number of nitrogens with one attached hydrogen (secondary N) is 1. The van der Waals surface area contributed by atoms with Crippen LogP contribution >= 0.6 is 0 Å². The summed E-state index contributed by atoms with van der Waals surface area (Å²) in [5.41, 5.74) is 0.170. The summed E-state index contributed by atoms with van der Waals surface area (Å²) in [4.78, 5) is 11.6. The summed E-state index contributed by atoms with van der Waals surface area (Å²) in [7, 11) is 0. The van der Waals surface area contributed by atoms with Gasteiger partial charge < -0.3 is 10.1 Å². The fourth-order valence-corrected chi connectivity index (χ4v) is 1.51. The van der Waals surface area contributed by atoms with Gasteiger partial charge in [-0.3, -0.25) is 4.79 Å². The third-order valence-electron chi connectivity index (χ3n) is 2.43. The van der Waals surface area contributed by atoms with Crippen LogP contribution in [0.1, 0.15) is 31.9 Å². The number of hydrogen-bond donors (Lipinski definition) is 1. The zero-order valence-electron chi connectivity index (χ0n) is 11.0. The van der Waals surface area contributed by atoms with E-state index in [1.54, 1.807) is 6.07 Å². The van der Waals surface area contributed by atoms with Gasteiger partial charge in [-0.15, -0.1) is 0 Å². The van der Waals surface area contributed by atoms with Crippen LogP contribution in [0.25, 0.3) is 0 Å². The number of carbonyl (C=O) groups is 1. The average molecular weight is 264 g/mol. The first-order chi connectivity index (χ1) is 9.04. The van der Waals surface area contributed by atoms with Crippen LogP contribution in [0.5, 0.6) is 0 Å². The van der Waals surface area contributed by atoms with E-state index < -0.39 is 11.9 Å². The van der Waals surface area contributed by atoms with Gasteiger partial charge in [0.05, 0.1) is 25.2 Å². The van der Waals surface area contributed by atoms with Crippen molar-refractivity contribution in [3.63, 3.8) is 0 Å². The number of carbonyl (C=O) groups excluding carboxylic acids is 1. The van der Waals surface area contributed by atoms with Crippen LogP contribution in [0.3, 0.4) is 0 Å². The molecule has 1 atom stereocenters. The van der Waals surface area contributed by atoms with E-state index in [-0.39, 0.29) is 30.6 Å².